The van der Waals surface area contributed by atoms with E-state index in [1.54, 1.807) is 0 Å². The highest BCUT2D eigenvalue weighted by atomic mass is 16.6. The zero-order valence-corrected chi connectivity index (χ0v) is 53.6. The molecule has 1 atom stereocenters. The third-order valence-corrected chi connectivity index (χ3v) is 15.7. The Hall–Kier alpha value is -2.89. The Balaban J connectivity index is 4.09. The molecule has 0 amide bonds. The average Bonchev–Trinajstić information content (AvgIpc) is 3.46. The van der Waals surface area contributed by atoms with Crippen molar-refractivity contribution in [2.75, 3.05) is 13.2 Å². The monoisotopic (exact) mass is 1120 g/mol. The van der Waals surface area contributed by atoms with Crippen LogP contribution in [-0.4, -0.2) is 37.2 Å². The van der Waals surface area contributed by atoms with Crippen LogP contribution in [0.5, 0.6) is 0 Å². The van der Waals surface area contributed by atoms with Gasteiger partial charge in [0.15, 0.2) is 6.10 Å². The van der Waals surface area contributed by atoms with Crippen molar-refractivity contribution in [2.45, 2.75) is 380 Å². The standard InChI is InChI=1S/C74H134O6/c1-4-7-10-13-16-19-22-24-26-28-30-31-32-33-34-35-36-37-38-39-40-41-42-43-45-46-48-50-52-55-58-61-64-67-73(76)79-70-71(69-78-72(75)66-63-60-57-54-21-18-15-12-9-6-3)80-74(77)68-65-62-59-56-53-51-49-47-44-29-27-25-23-20-17-14-11-8-5-2/h12,15,22,24-25,27-28,30,32-33,71H,4-11,13-14,16-21,23,26,29,31,34-70H2,1-3H3/b15-12-,24-22-,27-25-,30-28-,33-32-. The molecule has 80 heavy (non-hydrogen) atoms. The van der Waals surface area contributed by atoms with E-state index in [2.05, 4.69) is 81.5 Å². The van der Waals surface area contributed by atoms with Gasteiger partial charge in [-0.05, 0) is 103 Å². The van der Waals surface area contributed by atoms with Gasteiger partial charge >= 0.3 is 17.9 Å². The first-order chi connectivity index (χ1) is 39.5. The largest absolute Gasteiger partial charge is 0.462 e. The Morgan fingerprint density at radius 2 is 0.475 bits per heavy atom. The molecule has 0 aromatic rings. The van der Waals surface area contributed by atoms with Gasteiger partial charge in [0, 0.05) is 19.3 Å². The molecule has 0 aliphatic heterocycles. The van der Waals surface area contributed by atoms with Gasteiger partial charge < -0.3 is 14.2 Å². The number of allylic oxidation sites excluding steroid dienone is 10. The molecule has 0 aliphatic carbocycles. The first-order valence-electron chi connectivity index (χ1n) is 35.3. The van der Waals surface area contributed by atoms with Gasteiger partial charge in [-0.15, -0.1) is 0 Å². The van der Waals surface area contributed by atoms with Gasteiger partial charge in [0.2, 0.25) is 0 Å². The van der Waals surface area contributed by atoms with Gasteiger partial charge in [0.1, 0.15) is 13.2 Å². The van der Waals surface area contributed by atoms with Crippen LogP contribution in [0.1, 0.15) is 374 Å². The van der Waals surface area contributed by atoms with E-state index in [4.69, 9.17) is 14.2 Å². The molecular formula is C74H134O6. The quantitative estimate of drug-likeness (QED) is 0.0261. The molecule has 0 aromatic carbocycles. The van der Waals surface area contributed by atoms with E-state index in [1.165, 1.54) is 250 Å². The molecule has 0 spiro atoms. The number of hydrogen-bond donors (Lipinski definition) is 0. The van der Waals surface area contributed by atoms with Crippen LogP contribution in [0.25, 0.3) is 0 Å². The minimum Gasteiger partial charge on any atom is -0.462 e. The lowest BCUT2D eigenvalue weighted by Gasteiger charge is -2.18. The second kappa shape index (κ2) is 68.6. The summed E-state index contributed by atoms with van der Waals surface area (Å²) in [6, 6.07) is 0. The fourth-order valence-corrected chi connectivity index (χ4v) is 10.4. The molecule has 0 aliphatic rings. The maximum atomic E-state index is 12.9. The zero-order valence-electron chi connectivity index (χ0n) is 53.6. The summed E-state index contributed by atoms with van der Waals surface area (Å²) >= 11 is 0. The molecule has 6 nitrogen and oxygen atoms in total. The first kappa shape index (κ1) is 77.1. The highest BCUT2D eigenvalue weighted by Gasteiger charge is 2.19. The van der Waals surface area contributed by atoms with E-state index in [0.29, 0.717) is 19.3 Å². The number of hydrogen-bond acceptors (Lipinski definition) is 6. The molecular weight excluding hydrogens is 985 g/mol. The van der Waals surface area contributed by atoms with Crippen LogP contribution in [0.2, 0.25) is 0 Å². The fourth-order valence-electron chi connectivity index (χ4n) is 10.4. The second-order valence-corrected chi connectivity index (χ2v) is 23.8. The van der Waals surface area contributed by atoms with Gasteiger partial charge in [-0.2, -0.15) is 0 Å². The number of rotatable bonds is 65. The van der Waals surface area contributed by atoms with Crippen LogP contribution < -0.4 is 0 Å². The maximum absolute atomic E-state index is 12.9. The lowest BCUT2D eigenvalue weighted by Crippen LogP contribution is -2.30. The van der Waals surface area contributed by atoms with E-state index in [1.807, 2.05) is 0 Å². The zero-order chi connectivity index (χ0) is 57.8. The van der Waals surface area contributed by atoms with Crippen molar-refractivity contribution in [1.29, 1.82) is 0 Å². The molecule has 0 radical (unpaired) electrons. The normalized spacial score (nSPS) is 12.4. The molecule has 0 rings (SSSR count). The second-order valence-electron chi connectivity index (χ2n) is 23.8. The molecule has 0 saturated carbocycles. The lowest BCUT2D eigenvalue weighted by atomic mass is 10.0. The van der Waals surface area contributed by atoms with Crippen LogP contribution in [0.4, 0.5) is 0 Å². The summed E-state index contributed by atoms with van der Waals surface area (Å²) in [7, 11) is 0. The summed E-state index contributed by atoms with van der Waals surface area (Å²) in [4.78, 5) is 38.3. The number of esters is 3. The summed E-state index contributed by atoms with van der Waals surface area (Å²) < 4.78 is 16.9. The third-order valence-electron chi connectivity index (χ3n) is 15.7. The molecule has 1 unspecified atom stereocenters. The van der Waals surface area contributed by atoms with Crippen molar-refractivity contribution in [1.82, 2.24) is 0 Å². The highest BCUT2D eigenvalue weighted by Crippen LogP contribution is 2.18. The van der Waals surface area contributed by atoms with Crippen molar-refractivity contribution >= 4 is 17.9 Å². The molecule has 6 heteroatoms. The van der Waals surface area contributed by atoms with Crippen molar-refractivity contribution in [3.63, 3.8) is 0 Å². The molecule has 0 fully saturated rings. The lowest BCUT2D eigenvalue weighted by molar-refractivity contribution is -0.167. The van der Waals surface area contributed by atoms with Gasteiger partial charge in [-0.25, -0.2) is 0 Å². The Morgan fingerprint density at radius 3 is 0.762 bits per heavy atom. The van der Waals surface area contributed by atoms with Crippen molar-refractivity contribution in [3.8, 4) is 0 Å². The van der Waals surface area contributed by atoms with Crippen LogP contribution >= 0.6 is 0 Å². The number of carbonyl (C=O) groups is 3. The SMILES string of the molecule is CCC/C=C\CCCCCCCC(=O)OCC(COC(=O)CCCCCCCCCCCCCCCCCCCC/C=C\C/C=C\C/C=C\CCCCCCC)OC(=O)CCCCCCCCCCC/C=C\CCCCCCCC. The molecule has 0 N–H and O–H groups in total. The minimum absolute atomic E-state index is 0.0738. The summed E-state index contributed by atoms with van der Waals surface area (Å²) in [5.41, 5.74) is 0. The summed E-state index contributed by atoms with van der Waals surface area (Å²) in [5.74, 6) is -0.867. The highest BCUT2D eigenvalue weighted by molar-refractivity contribution is 5.71. The van der Waals surface area contributed by atoms with Gasteiger partial charge in [-0.3, -0.25) is 14.4 Å². The molecule has 466 valence electrons. The van der Waals surface area contributed by atoms with Crippen LogP contribution in [0, 0.1) is 0 Å². The summed E-state index contributed by atoms with van der Waals surface area (Å²) in [6.45, 7) is 6.60. The number of carbonyl (C=O) groups excluding carboxylic acids is 3. The third kappa shape index (κ3) is 65.9. The van der Waals surface area contributed by atoms with Gasteiger partial charge in [-0.1, -0.05) is 313 Å². The van der Waals surface area contributed by atoms with Crippen molar-refractivity contribution in [2.24, 2.45) is 0 Å². The number of ether oxygens (including phenoxy) is 3. The van der Waals surface area contributed by atoms with Gasteiger partial charge in [0.25, 0.3) is 0 Å². The van der Waals surface area contributed by atoms with Crippen LogP contribution in [-0.2, 0) is 28.6 Å². The Labute approximate surface area is 498 Å². The predicted molar refractivity (Wildman–Crippen MR) is 348 cm³/mol. The van der Waals surface area contributed by atoms with E-state index in [-0.39, 0.29) is 31.1 Å². The number of unbranched alkanes of at least 4 members (excludes halogenated alkanes) is 44. The minimum atomic E-state index is -0.777. The van der Waals surface area contributed by atoms with E-state index < -0.39 is 6.10 Å². The first-order valence-corrected chi connectivity index (χ1v) is 35.3. The predicted octanol–water partition coefficient (Wildman–Crippen LogP) is 24.3. The van der Waals surface area contributed by atoms with Crippen LogP contribution in [0.15, 0.2) is 60.8 Å². The van der Waals surface area contributed by atoms with Crippen molar-refractivity contribution < 1.29 is 28.6 Å². The van der Waals surface area contributed by atoms with Crippen molar-refractivity contribution in [3.05, 3.63) is 60.8 Å². The van der Waals surface area contributed by atoms with E-state index >= 15 is 0 Å². The smallest absolute Gasteiger partial charge is 0.306 e. The Kier molecular flexibility index (Phi) is 66.1. The summed E-state index contributed by atoms with van der Waals surface area (Å²) in [6.07, 6.45) is 88.4. The molecule has 0 saturated heterocycles. The molecule has 0 heterocycles. The maximum Gasteiger partial charge on any atom is 0.306 e. The molecule has 0 bridgehead atoms. The van der Waals surface area contributed by atoms with E-state index in [9.17, 15) is 14.4 Å². The van der Waals surface area contributed by atoms with Crippen LogP contribution in [0.3, 0.4) is 0 Å². The van der Waals surface area contributed by atoms with E-state index in [0.717, 1.165) is 83.5 Å². The average molecular weight is 1120 g/mol. The molecule has 0 aromatic heterocycles. The topological polar surface area (TPSA) is 78.9 Å². The summed E-state index contributed by atoms with van der Waals surface area (Å²) in [5, 5.41) is 0. The van der Waals surface area contributed by atoms with Gasteiger partial charge in [0.05, 0.1) is 0 Å². The fraction of sp³-hybridized carbons (Fsp3) is 0.824. The Bertz CT molecular complexity index is 1430. The Morgan fingerprint density at radius 1 is 0.250 bits per heavy atom.